The van der Waals surface area contributed by atoms with E-state index in [1.165, 1.54) is 26.4 Å². The molecule has 0 bridgehead atoms. The summed E-state index contributed by atoms with van der Waals surface area (Å²) in [5.41, 5.74) is 0.966. The number of carbonyl (C=O) groups excluding carboxylic acids is 1. The van der Waals surface area contributed by atoms with Gasteiger partial charge in [0.25, 0.3) is 10.0 Å². The van der Waals surface area contributed by atoms with Gasteiger partial charge in [-0.15, -0.1) is 0 Å². The molecule has 0 aromatic heterocycles. The first kappa shape index (κ1) is 21.0. The molecule has 0 saturated heterocycles. The van der Waals surface area contributed by atoms with Crippen LogP contribution in [0.25, 0.3) is 10.8 Å². The molecule has 29 heavy (non-hydrogen) atoms. The topological polar surface area (TPSA) is 72.9 Å². The highest BCUT2D eigenvalue weighted by Gasteiger charge is 2.29. The smallest absolute Gasteiger partial charge is 0.326 e. The normalized spacial score (nSPS) is 11.3. The molecule has 0 aliphatic rings. The highest BCUT2D eigenvalue weighted by Crippen LogP contribution is 2.34. The van der Waals surface area contributed by atoms with Crippen LogP contribution in [0, 0.1) is 6.92 Å². The van der Waals surface area contributed by atoms with Crippen molar-refractivity contribution >= 4 is 44.1 Å². The zero-order chi connectivity index (χ0) is 21.2. The predicted octanol–water partition coefficient (Wildman–Crippen LogP) is 4.18. The van der Waals surface area contributed by atoms with Crippen molar-refractivity contribution in [2.75, 3.05) is 25.1 Å². The van der Waals surface area contributed by atoms with E-state index < -0.39 is 22.5 Å². The molecule has 0 atom stereocenters. The molecule has 0 N–H and O–H groups in total. The van der Waals surface area contributed by atoms with E-state index >= 15 is 0 Å². The van der Waals surface area contributed by atoms with Gasteiger partial charge in [0.1, 0.15) is 12.3 Å². The van der Waals surface area contributed by atoms with Crippen LogP contribution in [0.1, 0.15) is 5.56 Å². The monoisotopic (exact) mass is 433 g/mol. The number of esters is 1. The van der Waals surface area contributed by atoms with Crippen LogP contribution >= 0.6 is 11.6 Å². The zero-order valence-electron chi connectivity index (χ0n) is 16.2. The molecular weight excluding hydrogens is 414 g/mol. The first-order valence-corrected chi connectivity index (χ1v) is 10.5. The molecule has 0 aliphatic heterocycles. The molecular formula is C21H20ClNO5S. The lowest BCUT2D eigenvalue weighted by atomic mass is 10.1. The van der Waals surface area contributed by atoms with Gasteiger partial charge in [0.2, 0.25) is 0 Å². The lowest BCUT2D eigenvalue weighted by Gasteiger charge is -2.24. The summed E-state index contributed by atoms with van der Waals surface area (Å²) in [6.07, 6.45) is 0. The van der Waals surface area contributed by atoms with Gasteiger partial charge in [-0.3, -0.25) is 9.10 Å². The molecule has 3 rings (SSSR count). The number of anilines is 1. The minimum absolute atomic E-state index is 0.0153. The largest absolute Gasteiger partial charge is 0.496 e. The van der Waals surface area contributed by atoms with E-state index in [0.717, 1.165) is 15.1 Å². The molecule has 0 saturated carbocycles. The molecule has 0 unspecified atom stereocenters. The van der Waals surface area contributed by atoms with Gasteiger partial charge in [-0.1, -0.05) is 35.9 Å². The summed E-state index contributed by atoms with van der Waals surface area (Å²) in [6, 6.07) is 15.2. The van der Waals surface area contributed by atoms with Gasteiger partial charge < -0.3 is 9.47 Å². The first-order valence-electron chi connectivity index (χ1n) is 8.70. The van der Waals surface area contributed by atoms with Crippen LogP contribution in [-0.2, 0) is 19.6 Å². The molecule has 0 aliphatic carbocycles. The fourth-order valence-corrected chi connectivity index (χ4v) is 4.93. The number of nitrogens with zero attached hydrogens (tertiary/aromatic N) is 1. The van der Waals surface area contributed by atoms with Crippen molar-refractivity contribution in [1.82, 2.24) is 0 Å². The number of ether oxygens (including phenoxy) is 2. The molecule has 0 radical (unpaired) electrons. The summed E-state index contributed by atoms with van der Waals surface area (Å²) in [5, 5.41) is 1.89. The highest BCUT2D eigenvalue weighted by atomic mass is 35.5. The molecule has 0 spiro atoms. The van der Waals surface area contributed by atoms with Gasteiger partial charge in [0.15, 0.2) is 0 Å². The van der Waals surface area contributed by atoms with Crippen molar-refractivity contribution in [3.05, 3.63) is 65.2 Å². The van der Waals surface area contributed by atoms with E-state index in [9.17, 15) is 13.2 Å². The van der Waals surface area contributed by atoms with Crippen molar-refractivity contribution in [3.8, 4) is 5.75 Å². The third-order valence-corrected chi connectivity index (χ3v) is 6.39. The highest BCUT2D eigenvalue weighted by molar-refractivity contribution is 7.92. The third kappa shape index (κ3) is 4.31. The lowest BCUT2D eigenvalue weighted by Crippen LogP contribution is -2.36. The average Bonchev–Trinajstić information content (AvgIpc) is 2.70. The van der Waals surface area contributed by atoms with Crippen molar-refractivity contribution < 1.29 is 22.7 Å². The number of hydrogen-bond acceptors (Lipinski definition) is 5. The molecule has 3 aromatic rings. The Kier molecular flexibility index (Phi) is 6.00. The van der Waals surface area contributed by atoms with E-state index in [4.69, 9.17) is 21.1 Å². The van der Waals surface area contributed by atoms with Crippen molar-refractivity contribution in [2.45, 2.75) is 11.8 Å². The number of halogens is 1. The summed E-state index contributed by atoms with van der Waals surface area (Å²) in [7, 11) is -1.39. The number of rotatable bonds is 6. The Labute approximate surface area is 174 Å². The Morgan fingerprint density at radius 1 is 1.07 bits per heavy atom. The van der Waals surface area contributed by atoms with Crippen LogP contribution in [0.4, 0.5) is 5.69 Å². The third-order valence-electron chi connectivity index (χ3n) is 4.42. The standard InChI is InChI=1S/C21H20ClNO5S/c1-14-8-16(22)11-18(9-14)29(25,26)23(13-21(24)28-3)17-10-15-6-4-5-7-19(15)20(12-17)27-2/h4-12H,13H2,1-3H3. The molecule has 152 valence electrons. The maximum absolute atomic E-state index is 13.4. The maximum atomic E-state index is 13.4. The molecule has 6 nitrogen and oxygen atoms in total. The van der Waals surface area contributed by atoms with Gasteiger partial charge in [0, 0.05) is 16.5 Å². The second kappa shape index (κ2) is 8.31. The SMILES string of the molecule is COC(=O)CN(c1cc(OC)c2ccccc2c1)S(=O)(=O)c1cc(C)cc(Cl)c1. The van der Waals surface area contributed by atoms with Gasteiger partial charge >= 0.3 is 5.97 Å². The molecule has 8 heteroatoms. The van der Waals surface area contributed by atoms with Crippen LogP contribution in [-0.4, -0.2) is 35.2 Å². The van der Waals surface area contributed by atoms with Crippen molar-refractivity contribution in [1.29, 1.82) is 0 Å². The fourth-order valence-electron chi connectivity index (χ4n) is 3.05. The Hall–Kier alpha value is -2.77. The quantitative estimate of drug-likeness (QED) is 0.545. The van der Waals surface area contributed by atoms with Gasteiger partial charge in [-0.2, -0.15) is 0 Å². The number of sulfonamides is 1. The Balaban J connectivity index is 2.22. The van der Waals surface area contributed by atoms with E-state index in [1.54, 1.807) is 25.1 Å². The Bertz CT molecular complexity index is 1160. The van der Waals surface area contributed by atoms with E-state index in [0.29, 0.717) is 11.3 Å². The van der Waals surface area contributed by atoms with Crippen LogP contribution < -0.4 is 9.04 Å². The maximum Gasteiger partial charge on any atom is 0.326 e. The fraction of sp³-hybridized carbons (Fsp3) is 0.190. The van der Waals surface area contributed by atoms with Crippen LogP contribution in [0.3, 0.4) is 0 Å². The van der Waals surface area contributed by atoms with Crippen LogP contribution in [0.5, 0.6) is 5.75 Å². The summed E-state index contributed by atoms with van der Waals surface area (Å²) in [5.74, 6) is -0.204. The average molecular weight is 434 g/mol. The number of hydrogen-bond donors (Lipinski definition) is 0. The van der Waals surface area contributed by atoms with E-state index in [-0.39, 0.29) is 15.6 Å². The van der Waals surface area contributed by atoms with Gasteiger partial charge in [-0.05, 0) is 42.1 Å². The second-order valence-corrected chi connectivity index (χ2v) is 8.72. The Morgan fingerprint density at radius 3 is 2.45 bits per heavy atom. The summed E-state index contributed by atoms with van der Waals surface area (Å²) in [6.45, 7) is 1.25. The van der Waals surface area contributed by atoms with E-state index in [1.807, 2.05) is 24.3 Å². The first-order chi connectivity index (χ1) is 13.8. The van der Waals surface area contributed by atoms with Gasteiger partial charge in [-0.25, -0.2) is 8.42 Å². The second-order valence-electron chi connectivity index (χ2n) is 6.42. The van der Waals surface area contributed by atoms with Crippen molar-refractivity contribution in [3.63, 3.8) is 0 Å². The Morgan fingerprint density at radius 2 is 1.79 bits per heavy atom. The van der Waals surface area contributed by atoms with Crippen molar-refractivity contribution in [2.24, 2.45) is 0 Å². The van der Waals surface area contributed by atoms with Crippen LogP contribution in [0.15, 0.2) is 59.5 Å². The minimum atomic E-state index is -4.11. The predicted molar refractivity (Wildman–Crippen MR) is 113 cm³/mol. The summed E-state index contributed by atoms with van der Waals surface area (Å²) < 4.78 is 38.1. The molecule has 0 fully saturated rings. The molecule has 3 aromatic carbocycles. The molecule has 0 heterocycles. The lowest BCUT2D eigenvalue weighted by molar-refractivity contribution is -0.138. The summed E-state index contributed by atoms with van der Waals surface area (Å²) >= 11 is 6.07. The zero-order valence-corrected chi connectivity index (χ0v) is 17.8. The van der Waals surface area contributed by atoms with E-state index in [2.05, 4.69) is 0 Å². The number of fused-ring (bicyclic) bond motifs is 1. The molecule has 0 amide bonds. The number of benzene rings is 3. The van der Waals surface area contributed by atoms with Gasteiger partial charge in [0.05, 0.1) is 24.8 Å². The number of carbonyl (C=O) groups is 1. The number of methoxy groups -OCH3 is 2. The number of aryl methyl sites for hydroxylation is 1. The van der Waals surface area contributed by atoms with Crippen LogP contribution in [0.2, 0.25) is 5.02 Å². The minimum Gasteiger partial charge on any atom is -0.496 e. The summed E-state index contributed by atoms with van der Waals surface area (Å²) in [4.78, 5) is 12.0.